The van der Waals surface area contributed by atoms with Gasteiger partial charge in [-0.15, -0.1) is 0 Å². The molecule has 3 rings (SSSR count). The smallest absolute Gasteiger partial charge is 0.311 e. The van der Waals surface area contributed by atoms with Crippen LogP contribution in [0, 0.1) is 10.1 Å². The number of rotatable bonds is 7. The van der Waals surface area contributed by atoms with Gasteiger partial charge >= 0.3 is 5.69 Å². The first-order chi connectivity index (χ1) is 12.1. The van der Waals surface area contributed by atoms with Crippen LogP contribution in [0.5, 0.6) is 5.75 Å². The molecule has 0 bridgehead atoms. The van der Waals surface area contributed by atoms with Crippen LogP contribution in [0.2, 0.25) is 5.15 Å². The van der Waals surface area contributed by atoms with Crippen molar-refractivity contribution < 1.29 is 14.4 Å². The fourth-order valence-corrected chi connectivity index (χ4v) is 2.47. The fourth-order valence-electron chi connectivity index (χ4n) is 2.27. The number of nitro groups is 1. The summed E-state index contributed by atoms with van der Waals surface area (Å²) in [4.78, 5) is 18.6. The molecule has 0 radical (unpaired) electrons. The Bertz CT molecular complexity index is 890. The van der Waals surface area contributed by atoms with Gasteiger partial charge in [0.15, 0.2) is 5.75 Å². The molecular formula is C17H14ClN3O4. The van der Waals surface area contributed by atoms with E-state index in [0.717, 1.165) is 5.56 Å². The number of ether oxygens (including phenoxy) is 2. The molecule has 0 aliphatic heterocycles. The Balaban J connectivity index is 1.66. The third-order valence-electron chi connectivity index (χ3n) is 3.46. The molecule has 0 N–H and O–H groups in total. The zero-order valence-corrected chi connectivity index (χ0v) is 13.8. The zero-order valence-electron chi connectivity index (χ0n) is 13.1. The van der Waals surface area contributed by atoms with E-state index in [9.17, 15) is 10.1 Å². The van der Waals surface area contributed by atoms with Crippen LogP contribution in [-0.2, 0) is 11.3 Å². The van der Waals surface area contributed by atoms with Gasteiger partial charge in [-0.2, -0.15) is 0 Å². The number of fused-ring (bicyclic) bond motifs is 1. The largest absolute Gasteiger partial charge is 0.484 e. The average molecular weight is 360 g/mol. The monoisotopic (exact) mass is 359 g/mol. The maximum Gasteiger partial charge on any atom is 0.311 e. The molecule has 1 aromatic heterocycles. The minimum absolute atomic E-state index is 0.121. The van der Waals surface area contributed by atoms with Gasteiger partial charge < -0.3 is 9.47 Å². The summed E-state index contributed by atoms with van der Waals surface area (Å²) in [5, 5.41) is 11.8. The molecular weight excluding hydrogens is 346 g/mol. The summed E-state index contributed by atoms with van der Waals surface area (Å²) in [7, 11) is 0. The van der Waals surface area contributed by atoms with Crippen LogP contribution in [-0.4, -0.2) is 28.1 Å². The number of nitrogens with zero attached hydrogens (tertiary/aromatic N) is 3. The number of halogens is 1. The molecule has 2 aromatic carbocycles. The second-order valence-corrected chi connectivity index (χ2v) is 5.50. The van der Waals surface area contributed by atoms with Gasteiger partial charge in [0.25, 0.3) is 0 Å². The first-order valence-electron chi connectivity index (χ1n) is 7.48. The highest BCUT2D eigenvalue weighted by molar-refractivity contribution is 6.34. The molecule has 0 saturated heterocycles. The second-order valence-electron chi connectivity index (χ2n) is 5.15. The van der Waals surface area contributed by atoms with Crippen LogP contribution in [0.1, 0.15) is 5.56 Å². The lowest BCUT2D eigenvalue weighted by Gasteiger charge is -2.09. The Hall–Kier alpha value is -2.77. The molecule has 0 amide bonds. The van der Waals surface area contributed by atoms with Crippen molar-refractivity contribution in [3.63, 3.8) is 0 Å². The summed E-state index contributed by atoms with van der Waals surface area (Å²) in [6.07, 6.45) is 1.29. The lowest BCUT2D eigenvalue weighted by molar-refractivity contribution is -0.385. The van der Waals surface area contributed by atoms with Gasteiger partial charge in [-0.3, -0.25) is 10.1 Å². The Morgan fingerprint density at radius 3 is 2.68 bits per heavy atom. The molecule has 0 unspecified atom stereocenters. The SMILES string of the molecule is O=[N+]([O-])c1cc2c(Cl)ncnc2cc1OCCOCc1ccccc1. The van der Waals surface area contributed by atoms with Crippen molar-refractivity contribution in [3.8, 4) is 5.75 Å². The maximum atomic E-state index is 11.3. The number of aromatic nitrogens is 2. The van der Waals surface area contributed by atoms with Crippen molar-refractivity contribution in [2.24, 2.45) is 0 Å². The quantitative estimate of drug-likeness (QED) is 0.276. The van der Waals surface area contributed by atoms with Gasteiger partial charge in [-0.25, -0.2) is 9.97 Å². The van der Waals surface area contributed by atoms with Crippen LogP contribution in [0.3, 0.4) is 0 Å². The molecule has 25 heavy (non-hydrogen) atoms. The molecule has 1 heterocycles. The van der Waals surface area contributed by atoms with E-state index in [1.54, 1.807) is 0 Å². The number of benzene rings is 2. The summed E-state index contributed by atoms with van der Waals surface area (Å²) in [6.45, 7) is 0.930. The lowest BCUT2D eigenvalue weighted by atomic mass is 10.2. The van der Waals surface area contributed by atoms with E-state index in [1.165, 1.54) is 18.5 Å². The molecule has 0 spiro atoms. The fraction of sp³-hybridized carbons (Fsp3) is 0.176. The maximum absolute atomic E-state index is 11.3. The van der Waals surface area contributed by atoms with E-state index in [4.69, 9.17) is 21.1 Å². The van der Waals surface area contributed by atoms with Crippen LogP contribution >= 0.6 is 11.6 Å². The van der Waals surface area contributed by atoms with E-state index in [0.29, 0.717) is 24.1 Å². The molecule has 0 atom stereocenters. The normalized spacial score (nSPS) is 10.8. The van der Waals surface area contributed by atoms with Gasteiger partial charge in [0.1, 0.15) is 18.1 Å². The Morgan fingerprint density at radius 2 is 1.92 bits per heavy atom. The van der Waals surface area contributed by atoms with Crippen LogP contribution in [0.15, 0.2) is 48.8 Å². The Kier molecular flexibility index (Phi) is 5.37. The van der Waals surface area contributed by atoms with E-state index < -0.39 is 4.92 Å². The van der Waals surface area contributed by atoms with Gasteiger partial charge in [0.05, 0.1) is 23.7 Å². The van der Waals surface area contributed by atoms with Crippen LogP contribution < -0.4 is 4.74 Å². The van der Waals surface area contributed by atoms with Crippen molar-refractivity contribution in [3.05, 3.63) is 69.6 Å². The molecule has 7 nitrogen and oxygen atoms in total. The predicted molar refractivity (Wildman–Crippen MR) is 92.8 cm³/mol. The van der Waals surface area contributed by atoms with E-state index in [1.807, 2.05) is 30.3 Å². The summed E-state index contributed by atoms with van der Waals surface area (Å²) in [5.74, 6) is 0.121. The molecule has 8 heteroatoms. The van der Waals surface area contributed by atoms with Gasteiger partial charge in [-0.1, -0.05) is 41.9 Å². The van der Waals surface area contributed by atoms with E-state index in [-0.39, 0.29) is 23.2 Å². The third-order valence-corrected chi connectivity index (χ3v) is 3.76. The van der Waals surface area contributed by atoms with Crippen LogP contribution in [0.25, 0.3) is 10.9 Å². The third kappa shape index (κ3) is 4.20. The summed E-state index contributed by atoms with van der Waals surface area (Å²) in [5.41, 5.74) is 1.34. The van der Waals surface area contributed by atoms with Crippen molar-refractivity contribution in [1.82, 2.24) is 9.97 Å². The predicted octanol–water partition coefficient (Wildman–Crippen LogP) is 3.79. The first-order valence-corrected chi connectivity index (χ1v) is 7.86. The zero-order chi connectivity index (χ0) is 17.6. The highest BCUT2D eigenvalue weighted by Gasteiger charge is 2.18. The average Bonchev–Trinajstić information content (AvgIpc) is 2.62. The second kappa shape index (κ2) is 7.87. The highest BCUT2D eigenvalue weighted by atomic mass is 35.5. The standard InChI is InChI=1S/C17H14ClN3O4/c18-17-13-8-15(21(22)23)16(9-14(13)19-11-20-17)25-7-6-24-10-12-4-2-1-3-5-12/h1-5,8-9,11H,6-7,10H2. The van der Waals surface area contributed by atoms with Crippen LogP contribution in [0.4, 0.5) is 5.69 Å². The van der Waals surface area contributed by atoms with E-state index >= 15 is 0 Å². The van der Waals surface area contributed by atoms with Crippen molar-refractivity contribution in [2.75, 3.05) is 13.2 Å². The summed E-state index contributed by atoms with van der Waals surface area (Å²) < 4.78 is 11.0. The van der Waals surface area contributed by atoms with Gasteiger partial charge in [-0.05, 0) is 5.56 Å². The van der Waals surface area contributed by atoms with E-state index in [2.05, 4.69) is 9.97 Å². The van der Waals surface area contributed by atoms with Gasteiger partial charge in [0.2, 0.25) is 0 Å². The van der Waals surface area contributed by atoms with Gasteiger partial charge in [0, 0.05) is 17.5 Å². The molecule has 0 aliphatic carbocycles. The molecule has 0 fully saturated rings. The molecule has 3 aromatic rings. The number of hydrogen-bond acceptors (Lipinski definition) is 6. The van der Waals surface area contributed by atoms with Crippen molar-refractivity contribution in [2.45, 2.75) is 6.61 Å². The highest BCUT2D eigenvalue weighted by Crippen LogP contribution is 2.33. The van der Waals surface area contributed by atoms with Crippen molar-refractivity contribution >= 4 is 28.2 Å². The summed E-state index contributed by atoms with van der Waals surface area (Å²) >= 11 is 5.96. The minimum Gasteiger partial charge on any atom is -0.484 e. The van der Waals surface area contributed by atoms with Crippen molar-refractivity contribution in [1.29, 1.82) is 0 Å². The topological polar surface area (TPSA) is 87.4 Å². The summed E-state index contributed by atoms with van der Waals surface area (Å²) in [6, 6.07) is 12.5. The number of hydrogen-bond donors (Lipinski definition) is 0. The minimum atomic E-state index is -0.525. The molecule has 0 saturated carbocycles. The Morgan fingerprint density at radius 1 is 1.12 bits per heavy atom. The Labute approximate surface area is 148 Å². The molecule has 128 valence electrons. The first kappa shape index (κ1) is 17.1. The molecule has 0 aliphatic rings. The lowest BCUT2D eigenvalue weighted by Crippen LogP contribution is -2.08. The number of nitro benzene ring substituents is 1.